The van der Waals surface area contributed by atoms with Crippen molar-refractivity contribution >= 4 is 28.7 Å². The molecule has 1 N–H and O–H groups in total. The molecule has 2 nitrogen and oxygen atoms in total. The average molecular weight is 347 g/mol. The van der Waals surface area contributed by atoms with Gasteiger partial charge in [-0.1, -0.05) is 72.3 Å². The zero-order valence-electron chi connectivity index (χ0n) is 14.0. The van der Waals surface area contributed by atoms with Gasteiger partial charge in [-0.25, -0.2) is 0 Å². The molecule has 0 fully saturated rings. The third-order valence-corrected chi connectivity index (χ3v) is 4.90. The number of nitrogens with zero attached hydrogens (tertiary/aromatic N) is 1. The number of fused-ring (bicyclic) bond motifs is 1. The van der Waals surface area contributed by atoms with E-state index in [9.17, 15) is 0 Å². The first kappa shape index (κ1) is 15.9. The fourth-order valence-corrected chi connectivity index (χ4v) is 3.51. The highest BCUT2D eigenvalue weighted by atomic mass is 35.5. The first-order valence-electron chi connectivity index (χ1n) is 8.40. The molecule has 1 heterocycles. The lowest BCUT2D eigenvalue weighted by atomic mass is 9.85. The van der Waals surface area contributed by atoms with Crippen molar-refractivity contribution in [3.05, 3.63) is 95.0 Å². The van der Waals surface area contributed by atoms with E-state index in [4.69, 9.17) is 16.6 Å². The lowest BCUT2D eigenvalue weighted by molar-refractivity contribution is 0.571. The van der Waals surface area contributed by atoms with Crippen molar-refractivity contribution in [1.82, 2.24) is 0 Å². The predicted molar refractivity (Wildman–Crippen MR) is 106 cm³/mol. The Bertz CT molecular complexity index is 919. The zero-order chi connectivity index (χ0) is 17.3. The van der Waals surface area contributed by atoms with Gasteiger partial charge in [0.25, 0.3) is 0 Å². The molecule has 0 radical (unpaired) electrons. The maximum atomic E-state index is 6.21. The van der Waals surface area contributed by atoms with E-state index in [-0.39, 0.29) is 5.54 Å². The second-order valence-corrected chi connectivity index (χ2v) is 7.02. The third kappa shape index (κ3) is 3.18. The van der Waals surface area contributed by atoms with E-state index >= 15 is 0 Å². The van der Waals surface area contributed by atoms with Gasteiger partial charge in [0.1, 0.15) is 0 Å². The number of halogens is 1. The largest absolute Gasteiger partial charge is 0.374 e. The Morgan fingerprint density at radius 1 is 0.920 bits per heavy atom. The monoisotopic (exact) mass is 346 g/mol. The van der Waals surface area contributed by atoms with Crippen LogP contribution in [0, 0.1) is 0 Å². The number of nitrogens with one attached hydrogen (secondary N) is 1. The van der Waals surface area contributed by atoms with Crippen LogP contribution >= 0.6 is 11.6 Å². The highest BCUT2D eigenvalue weighted by Gasteiger charge is 2.31. The third-order valence-electron chi connectivity index (χ3n) is 4.66. The highest BCUT2D eigenvalue weighted by Crippen LogP contribution is 2.40. The minimum Gasteiger partial charge on any atom is -0.374 e. The van der Waals surface area contributed by atoms with Crippen molar-refractivity contribution in [2.75, 3.05) is 5.32 Å². The van der Waals surface area contributed by atoms with Gasteiger partial charge in [-0.3, -0.25) is 4.99 Å². The number of aliphatic imine (C=N–C) groups is 1. The van der Waals surface area contributed by atoms with Crippen molar-refractivity contribution in [2.24, 2.45) is 4.99 Å². The smallest absolute Gasteiger partial charge is 0.0879 e. The average Bonchev–Trinajstić information content (AvgIpc) is 2.80. The van der Waals surface area contributed by atoms with E-state index in [2.05, 4.69) is 60.8 Å². The van der Waals surface area contributed by atoms with Gasteiger partial charge in [0.05, 0.1) is 22.6 Å². The summed E-state index contributed by atoms with van der Waals surface area (Å²) in [6.07, 6.45) is 0.785. The van der Waals surface area contributed by atoms with Crippen LogP contribution in [0.5, 0.6) is 0 Å². The number of benzene rings is 3. The fraction of sp³-hybridized carbons (Fsp3) is 0.136. The van der Waals surface area contributed by atoms with E-state index in [0.29, 0.717) is 5.02 Å². The first-order chi connectivity index (χ1) is 12.1. The standard InChI is InChI=1S/C22H19ClN2/c1-22(17-10-6-3-7-11-17)15-21(16-8-4-2-5-9-16)24-20-14-18(23)12-13-19(20)25-22/h2-14,25H,15H2,1H3. The Kier molecular flexibility index (Phi) is 4.06. The van der Waals surface area contributed by atoms with Crippen molar-refractivity contribution < 1.29 is 0 Å². The van der Waals surface area contributed by atoms with Gasteiger partial charge in [-0.15, -0.1) is 0 Å². The van der Waals surface area contributed by atoms with Crippen molar-refractivity contribution in [2.45, 2.75) is 18.9 Å². The number of hydrogen-bond donors (Lipinski definition) is 1. The van der Waals surface area contributed by atoms with Crippen LogP contribution < -0.4 is 5.32 Å². The Balaban J connectivity index is 1.89. The van der Waals surface area contributed by atoms with Crippen LogP contribution in [-0.2, 0) is 5.54 Å². The molecule has 0 bridgehead atoms. The van der Waals surface area contributed by atoms with Crippen LogP contribution in [0.3, 0.4) is 0 Å². The van der Waals surface area contributed by atoms with E-state index in [1.54, 1.807) is 0 Å². The first-order valence-corrected chi connectivity index (χ1v) is 8.78. The summed E-state index contributed by atoms with van der Waals surface area (Å²) in [6.45, 7) is 2.23. The second-order valence-electron chi connectivity index (χ2n) is 6.59. The Hall–Kier alpha value is -2.58. The lowest BCUT2D eigenvalue weighted by Gasteiger charge is -2.32. The van der Waals surface area contributed by atoms with E-state index in [1.165, 1.54) is 5.56 Å². The quantitative estimate of drug-likeness (QED) is 0.587. The Morgan fingerprint density at radius 3 is 2.32 bits per heavy atom. The summed E-state index contributed by atoms with van der Waals surface area (Å²) in [7, 11) is 0. The molecule has 1 aliphatic rings. The molecule has 25 heavy (non-hydrogen) atoms. The molecule has 1 unspecified atom stereocenters. The normalized spacial score (nSPS) is 19.4. The zero-order valence-corrected chi connectivity index (χ0v) is 14.8. The summed E-state index contributed by atoms with van der Waals surface area (Å²) in [5.41, 5.74) is 5.06. The maximum absolute atomic E-state index is 6.21. The van der Waals surface area contributed by atoms with Crippen molar-refractivity contribution in [3.8, 4) is 0 Å². The topological polar surface area (TPSA) is 24.4 Å². The molecule has 0 saturated carbocycles. The van der Waals surface area contributed by atoms with E-state index < -0.39 is 0 Å². The maximum Gasteiger partial charge on any atom is 0.0879 e. The number of anilines is 1. The minimum absolute atomic E-state index is 0.255. The van der Waals surface area contributed by atoms with Gasteiger partial charge >= 0.3 is 0 Å². The van der Waals surface area contributed by atoms with Crippen LogP contribution in [0.1, 0.15) is 24.5 Å². The highest BCUT2D eigenvalue weighted by molar-refractivity contribution is 6.31. The molecule has 0 saturated heterocycles. The summed E-state index contributed by atoms with van der Waals surface area (Å²) in [4.78, 5) is 4.96. The Morgan fingerprint density at radius 2 is 1.60 bits per heavy atom. The van der Waals surface area contributed by atoms with Crippen LogP contribution in [-0.4, -0.2) is 5.71 Å². The van der Waals surface area contributed by atoms with Gasteiger partial charge in [0.15, 0.2) is 0 Å². The molecule has 124 valence electrons. The molecular weight excluding hydrogens is 328 g/mol. The summed E-state index contributed by atoms with van der Waals surface area (Å²) in [5.74, 6) is 0. The predicted octanol–water partition coefficient (Wildman–Crippen LogP) is 6.19. The van der Waals surface area contributed by atoms with Gasteiger partial charge in [-0.2, -0.15) is 0 Å². The molecular formula is C22H19ClN2. The lowest BCUT2D eigenvalue weighted by Crippen LogP contribution is -2.33. The van der Waals surface area contributed by atoms with Gasteiger partial charge in [0.2, 0.25) is 0 Å². The molecule has 0 amide bonds. The number of hydrogen-bond acceptors (Lipinski definition) is 2. The van der Waals surface area contributed by atoms with Crippen LogP contribution in [0.4, 0.5) is 11.4 Å². The molecule has 0 aliphatic carbocycles. The summed E-state index contributed by atoms with van der Waals surface area (Å²) < 4.78 is 0. The van der Waals surface area contributed by atoms with Crippen molar-refractivity contribution in [3.63, 3.8) is 0 Å². The molecule has 3 aromatic carbocycles. The summed E-state index contributed by atoms with van der Waals surface area (Å²) in [5, 5.41) is 4.40. The SMILES string of the molecule is CC1(c2ccccc2)CC(c2ccccc2)=Nc2cc(Cl)ccc2N1. The van der Waals surface area contributed by atoms with E-state index in [1.807, 2.05) is 30.3 Å². The molecule has 1 aliphatic heterocycles. The van der Waals surface area contributed by atoms with E-state index in [0.717, 1.165) is 29.1 Å². The Labute approximate surface area is 153 Å². The molecule has 0 aromatic heterocycles. The molecule has 3 heteroatoms. The van der Waals surface area contributed by atoms with Gasteiger partial charge in [-0.05, 0) is 36.2 Å². The molecule has 0 spiro atoms. The van der Waals surface area contributed by atoms with Gasteiger partial charge < -0.3 is 5.32 Å². The van der Waals surface area contributed by atoms with Crippen molar-refractivity contribution in [1.29, 1.82) is 0 Å². The van der Waals surface area contributed by atoms with Crippen LogP contribution in [0.15, 0.2) is 83.9 Å². The summed E-state index contributed by atoms with van der Waals surface area (Å²) in [6, 6.07) is 26.7. The summed E-state index contributed by atoms with van der Waals surface area (Å²) >= 11 is 6.21. The fourth-order valence-electron chi connectivity index (χ4n) is 3.34. The van der Waals surface area contributed by atoms with Crippen LogP contribution in [0.2, 0.25) is 5.02 Å². The molecule has 4 rings (SSSR count). The minimum atomic E-state index is -0.255. The number of rotatable bonds is 2. The van der Waals surface area contributed by atoms with Gasteiger partial charge in [0, 0.05) is 11.4 Å². The second kappa shape index (κ2) is 6.38. The molecule has 3 aromatic rings. The molecule has 1 atom stereocenters. The van der Waals surface area contributed by atoms with Crippen LogP contribution in [0.25, 0.3) is 0 Å².